The van der Waals surface area contributed by atoms with E-state index in [0.29, 0.717) is 23.4 Å². The van der Waals surface area contributed by atoms with E-state index in [1.54, 1.807) is 0 Å². The zero-order valence-electron chi connectivity index (χ0n) is 18.4. The van der Waals surface area contributed by atoms with Crippen LogP contribution in [0.15, 0.2) is 47.8 Å². The molecule has 1 aromatic heterocycles. The first-order chi connectivity index (χ1) is 15.7. The molecule has 2 aliphatic carbocycles. The number of fused-ring (bicyclic) bond motifs is 3. The van der Waals surface area contributed by atoms with E-state index < -0.39 is 34.9 Å². The lowest BCUT2D eigenvalue weighted by Gasteiger charge is -2.37. The Kier molecular flexibility index (Phi) is 6.13. The van der Waals surface area contributed by atoms with E-state index in [1.807, 2.05) is 38.1 Å². The minimum Gasteiger partial charge on any atom is -0.340 e. The number of nitrogens with zero attached hydrogens (tertiary/aromatic N) is 2. The van der Waals surface area contributed by atoms with Gasteiger partial charge in [0.15, 0.2) is 11.1 Å². The molecule has 0 aliphatic heterocycles. The summed E-state index contributed by atoms with van der Waals surface area (Å²) in [5.41, 5.74) is 2.92. The van der Waals surface area contributed by atoms with E-state index in [2.05, 4.69) is 15.3 Å². The second-order valence-corrected chi connectivity index (χ2v) is 9.35. The fourth-order valence-electron chi connectivity index (χ4n) is 4.35. The van der Waals surface area contributed by atoms with Gasteiger partial charge in [0.2, 0.25) is 17.6 Å². The lowest BCUT2D eigenvalue weighted by molar-refractivity contribution is -0.128. The summed E-state index contributed by atoms with van der Waals surface area (Å²) in [5.74, 6) is -1.11. The van der Waals surface area contributed by atoms with Gasteiger partial charge in [-0.2, -0.15) is 0 Å². The number of hydrogen-bond acceptors (Lipinski definition) is 5. The van der Waals surface area contributed by atoms with Crippen molar-refractivity contribution in [2.45, 2.75) is 39.3 Å². The van der Waals surface area contributed by atoms with Crippen LogP contribution in [0.4, 0.5) is 5.82 Å². The topological polar surface area (TPSA) is 132 Å². The third-order valence-corrected chi connectivity index (χ3v) is 6.43. The maximum atomic E-state index is 13.5. The first-order valence-electron chi connectivity index (χ1n) is 10.5. The van der Waals surface area contributed by atoms with Gasteiger partial charge < -0.3 is 14.9 Å². The average molecular weight is 469 g/mol. The van der Waals surface area contributed by atoms with Crippen LogP contribution >= 0.6 is 0 Å². The van der Waals surface area contributed by atoms with E-state index in [0.717, 1.165) is 11.1 Å². The van der Waals surface area contributed by atoms with Crippen molar-refractivity contribution in [2.75, 3.05) is 4.90 Å². The molecule has 0 saturated carbocycles. The fourth-order valence-corrected chi connectivity index (χ4v) is 4.86. The number of allylic oxidation sites excluding steroid dienone is 2. The molecule has 2 unspecified atom stereocenters. The number of rotatable bonds is 7. The van der Waals surface area contributed by atoms with Crippen LogP contribution in [0.1, 0.15) is 38.3 Å². The number of amides is 2. The van der Waals surface area contributed by atoms with Gasteiger partial charge in [0.25, 0.3) is 0 Å². The van der Waals surface area contributed by atoms with Crippen LogP contribution in [0.3, 0.4) is 0 Å². The molecule has 10 heteroatoms. The summed E-state index contributed by atoms with van der Waals surface area (Å²) in [6.07, 6.45) is 4.61. The van der Waals surface area contributed by atoms with Gasteiger partial charge in [0, 0.05) is 6.92 Å². The average Bonchev–Trinajstić information content (AvgIpc) is 3.26. The highest BCUT2D eigenvalue weighted by atomic mass is 32.2. The van der Waals surface area contributed by atoms with E-state index in [1.165, 1.54) is 30.4 Å². The number of ketones is 1. The van der Waals surface area contributed by atoms with Gasteiger partial charge in [0.05, 0.1) is 12.5 Å². The number of carbonyl (C=O) groups excluding carboxylic acids is 3. The van der Waals surface area contributed by atoms with Gasteiger partial charge in [-0.1, -0.05) is 38.1 Å². The highest BCUT2D eigenvalue weighted by molar-refractivity contribution is 7.84. The monoisotopic (exact) mass is 468 g/mol. The van der Waals surface area contributed by atoms with E-state index in [9.17, 15) is 23.1 Å². The molecular formula is C23H24N4O5S. The van der Waals surface area contributed by atoms with Gasteiger partial charge in [-0.3, -0.25) is 19.3 Å². The van der Waals surface area contributed by atoms with Crippen LogP contribution in [0.2, 0.25) is 0 Å². The third kappa shape index (κ3) is 4.07. The van der Waals surface area contributed by atoms with Crippen LogP contribution < -0.4 is 10.2 Å². The van der Waals surface area contributed by atoms with Crippen LogP contribution in [-0.4, -0.2) is 48.4 Å². The van der Waals surface area contributed by atoms with Gasteiger partial charge >= 0.3 is 0 Å². The van der Waals surface area contributed by atoms with Crippen molar-refractivity contribution in [3.63, 3.8) is 0 Å². The third-order valence-electron chi connectivity index (χ3n) is 5.73. The van der Waals surface area contributed by atoms with Crippen molar-refractivity contribution in [3.8, 4) is 0 Å². The molecular weight excluding hydrogens is 444 g/mol. The molecule has 0 bridgehead atoms. The summed E-state index contributed by atoms with van der Waals surface area (Å²) < 4.78 is 21.5. The molecule has 2 amide bonds. The number of carbonyl (C=O) groups is 3. The molecule has 2 aliphatic rings. The normalized spacial score (nSPS) is 18.6. The Hall–Kier alpha value is -3.37. The molecule has 3 atom stereocenters. The number of aromatic amines is 1. The molecule has 2 aromatic rings. The highest BCUT2D eigenvalue weighted by Gasteiger charge is 2.43. The van der Waals surface area contributed by atoms with Crippen molar-refractivity contribution < 1.29 is 23.1 Å². The minimum absolute atomic E-state index is 0.0622. The van der Waals surface area contributed by atoms with Crippen LogP contribution in [-0.2, 0) is 25.5 Å². The molecule has 0 fully saturated rings. The summed E-state index contributed by atoms with van der Waals surface area (Å²) in [7, 11) is 0. The summed E-state index contributed by atoms with van der Waals surface area (Å²) in [5, 5.41) is 2.77. The Bertz CT molecular complexity index is 1220. The first-order valence-corrected chi connectivity index (χ1v) is 11.6. The summed E-state index contributed by atoms with van der Waals surface area (Å²) in [4.78, 5) is 47.0. The molecule has 4 rings (SSSR count). The molecule has 0 radical (unpaired) electrons. The lowest BCUT2D eigenvalue weighted by Crippen LogP contribution is -2.55. The molecule has 1 heterocycles. The summed E-state index contributed by atoms with van der Waals surface area (Å²) in [6.45, 7) is 5.21. The molecule has 172 valence electrons. The van der Waals surface area contributed by atoms with Crippen LogP contribution in [0, 0.1) is 5.92 Å². The van der Waals surface area contributed by atoms with E-state index in [4.69, 9.17) is 0 Å². The SMILES string of the molecule is CC(=O)N(c1cnc[nH]1)[C@@H](CC(C)C)C(=O)NC1C(=O)C(S(=O)O)=CC2=C1c1ccccc12. The maximum absolute atomic E-state index is 13.5. The van der Waals surface area contributed by atoms with Gasteiger partial charge in [0.1, 0.15) is 22.8 Å². The number of aromatic nitrogens is 2. The Balaban J connectivity index is 1.70. The van der Waals surface area contributed by atoms with Crippen LogP contribution in [0.5, 0.6) is 0 Å². The maximum Gasteiger partial charge on any atom is 0.244 e. The zero-order chi connectivity index (χ0) is 23.9. The number of nitrogens with one attached hydrogen (secondary N) is 2. The van der Waals surface area contributed by atoms with Crippen molar-refractivity contribution in [1.29, 1.82) is 0 Å². The lowest BCUT2D eigenvalue weighted by atomic mass is 9.73. The van der Waals surface area contributed by atoms with Gasteiger partial charge in [-0.05, 0) is 40.7 Å². The second-order valence-electron chi connectivity index (χ2n) is 8.41. The number of benzene rings is 1. The molecule has 9 nitrogen and oxygen atoms in total. The smallest absolute Gasteiger partial charge is 0.244 e. The van der Waals surface area contributed by atoms with Crippen molar-refractivity contribution in [1.82, 2.24) is 15.3 Å². The van der Waals surface area contributed by atoms with Gasteiger partial charge in [-0.25, -0.2) is 9.19 Å². The second kappa shape index (κ2) is 8.87. The summed E-state index contributed by atoms with van der Waals surface area (Å²) >= 11 is -2.51. The van der Waals surface area contributed by atoms with E-state index in [-0.39, 0.29) is 16.7 Å². The zero-order valence-corrected chi connectivity index (χ0v) is 19.2. The number of imidazole rings is 1. The Morgan fingerprint density at radius 3 is 2.55 bits per heavy atom. The number of Topliss-reactive ketones (excluding diaryl/α,β-unsaturated/α-hetero) is 1. The van der Waals surface area contributed by atoms with Gasteiger partial charge in [-0.15, -0.1) is 0 Å². The van der Waals surface area contributed by atoms with E-state index >= 15 is 0 Å². The molecule has 1 aromatic carbocycles. The number of anilines is 1. The summed E-state index contributed by atoms with van der Waals surface area (Å²) in [6, 6.07) is 5.33. The molecule has 33 heavy (non-hydrogen) atoms. The predicted molar refractivity (Wildman–Crippen MR) is 124 cm³/mol. The van der Waals surface area contributed by atoms with Crippen molar-refractivity contribution in [2.24, 2.45) is 5.92 Å². The molecule has 0 spiro atoms. The Morgan fingerprint density at radius 2 is 1.97 bits per heavy atom. The Labute approximate surface area is 193 Å². The highest BCUT2D eigenvalue weighted by Crippen LogP contribution is 2.46. The standard InChI is InChI=1S/C23H24N4O5S/c1-12(2)8-17(27(13(3)28)19-10-24-11-25-19)23(30)26-21-20-15-7-5-4-6-14(15)16(20)9-18(22(21)29)33(31)32/h4-7,9-12,17,21H,8H2,1-3H3,(H,24,25)(H,26,30)(H,31,32)/t17-,21?/m0/s1. The van der Waals surface area contributed by atoms with Crippen LogP contribution in [0.25, 0.3) is 11.1 Å². The Morgan fingerprint density at radius 1 is 1.27 bits per heavy atom. The largest absolute Gasteiger partial charge is 0.340 e. The molecule has 3 N–H and O–H groups in total. The predicted octanol–water partition coefficient (Wildman–Crippen LogP) is 2.27. The number of hydrogen-bond donors (Lipinski definition) is 3. The molecule has 0 saturated heterocycles. The fraction of sp³-hybridized carbons (Fsp3) is 0.304. The van der Waals surface area contributed by atoms with Crippen molar-refractivity contribution >= 4 is 45.6 Å². The first kappa shape index (κ1) is 22.8. The quantitative estimate of drug-likeness (QED) is 0.534. The number of H-pyrrole nitrogens is 1. The van der Waals surface area contributed by atoms with Crippen molar-refractivity contribution in [3.05, 3.63) is 58.9 Å². The minimum atomic E-state index is -2.51.